The van der Waals surface area contributed by atoms with Crippen molar-refractivity contribution < 1.29 is 22.6 Å². The second-order valence-electron chi connectivity index (χ2n) is 4.93. The normalized spacial score (nSPS) is 11.8. The molecule has 0 aliphatic rings. The molecule has 0 bridgehead atoms. The van der Waals surface area contributed by atoms with Crippen LogP contribution >= 0.6 is 11.6 Å². The first-order valence-corrected chi connectivity index (χ1v) is 8.47. The largest absolute Gasteiger partial charge is 0.282 e. The molecule has 0 fully saturated rings. The van der Waals surface area contributed by atoms with Crippen LogP contribution in [0.1, 0.15) is 11.4 Å². The zero-order valence-electron chi connectivity index (χ0n) is 13.1. The Hall–Kier alpha value is -2.12. The summed E-state index contributed by atoms with van der Waals surface area (Å²) in [5.74, 6) is -1.25. The summed E-state index contributed by atoms with van der Waals surface area (Å²) < 4.78 is 44.3. The second kappa shape index (κ2) is 7.41. The van der Waals surface area contributed by atoms with Crippen molar-refractivity contribution in [1.82, 2.24) is 19.3 Å². The molecule has 0 aliphatic heterocycles. The third-order valence-corrected chi connectivity index (χ3v) is 4.80. The minimum absolute atomic E-state index is 0.000720. The van der Waals surface area contributed by atoms with E-state index in [-0.39, 0.29) is 28.6 Å². The summed E-state index contributed by atoms with van der Waals surface area (Å²) >= 11 is 5.64. The third kappa shape index (κ3) is 4.29. The molecule has 3 N–H and O–H groups in total. The summed E-state index contributed by atoms with van der Waals surface area (Å²) in [5.41, 5.74) is -0.230. The number of benzene rings is 1. The summed E-state index contributed by atoms with van der Waals surface area (Å²) in [6, 6.07) is 3.31. The Balaban J connectivity index is 2.20. The van der Waals surface area contributed by atoms with Gasteiger partial charge in [0.1, 0.15) is 11.5 Å². The van der Waals surface area contributed by atoms with E-state index in [0.717, 1.165) is 16.4 Å². The maximum Gasteiger partial charge on any atom is 0.279 e. The van der Waals surface area contributed by atoms with Gasteiger partial charge in [0.2, 0.25) is 0 Å². The molecule has 0 amide bonds. The van der Waals surface area contributed by atoms with Crippen LogP contribution in [0.3, 0.4) is 0 Å². The van der Waals surface area contributed by atoms with Gasteiger partial charge in [0.15, 0.2) is 11.5 Å². The number of anilines is 1. The number of hydrogen-bond donors (Lipinski definition) is 3. The average molecular weight is 393 g/mol. The van der Waals surface area contributed by atoms with Crippen LogP contribution in [0.15, 0.2) is 22.8 Å². The van der Waals surface area contributed by atoms with Crippen LogP contribution in [0.25, 0.3) is 0 Å². The molecule has 1 heterocycles. The Kier molecular flexibility index (Phi) is 5.69. The molecule has 1 aromatic carbocycles. The molecule has 136 valence electrons. The Bertz CT molecular complexity index is 887. The third-order valence-electron chi connectivity index (χ3n) is 3.04. The van der Waals surface area contributed by atoms with Gasteiger partial charge in [0.05, 0.1) is 17.3 Å². The smallest absolute Gasteiger partial charge is 0.279 e. The SMILES string of the molecule is CN(C)S(=O)(=O)NCc1nonc1C(=N)N(O)c1ccc(F)c(Cl)c1. The van der Waals surface area contributed by atoms with Crippen molar-refractivity contribution in [3.8, 4) is 0 Å². The molecule has 0 saturated heterocycles. The fraction of sp³-hybridized carbons (Fsp3) is 0.250. The summed E-state index contributed by atoms with van der Waals surface area (Å²) in [7, 11) is -1.06. The van der Waals surface area contributed by atoms with Crippen LogP contribution in [0.5, 0.6) is 0 Å². The molecule has 1 aromatic heterocycles. The van der Waals surface area contributed by atoms with Crippen molar-refractivity contribution in [2.45, 2.75) is 6.54 Å². The monoisotopic (exact) mass is 392 g/mol. The molecule has 2 rings (SSSR count). The van der Waals surface area contributed by atoms with Crippen molar-refractivity contribution in [3.63, 3.8) is 0 Å². The maximum absolute atomic E-state index is 13.2. The lowest BCUT2D eigenvalue weighted by atomic mass is 10.2. The fourth-order valence-corrected chi connectivity index (χ4v) is 2.39. The molecular weight excluding hydrogens is 379 g/mol. The number of nitrogens with zero attached hydrogens (tertiary/aromatic N) is 4. The first-order chi connectivity index (χ1) is 11.6. The number of nitrogens with one attached hydrogen (secondary N) is 2. The Morgan fingerprint density at radius 2 is 2.12 bits per heavy atom. The number of aromatic nitrogens is 2. The highest BCUT2D eigenvalue weighted by Crippen LogP contribution is 2.23. The van der Waals surface area contributed by atoms with E-state index in [0.29, 0.717) is 5.06 Å². The molecular formula is C12H14ClFN6O4S. The van der Waals surface area contributed by atoms with Crippen molar-refractivity contribution >= 4 is 33.3 Å². The highest BCUT2D eigenvalue weighted by Gasteiger charge is 2.23. The van der Waals surface area contributed by atoms with Gasteiger partial charge in [-0.25, -0.2) is 14.1 Å². The number of halogens is 2. The zero-order valence-corrected chi connectivity index (χ0v) is 14.6. The molecule has 25 heavy (non-hydrogen) atoms. The van der Waals surface area contributed by atoms with Gasteiger partial charge in [-0.1, -0.05) is 16.8 Å². The van der Waals surface area contributed by atoms with Crippen LogP contribution in [0.4, 0.5) is 10.1 Å². The van der Waals surface area contributed by atoms with Gasteiger partial charge in [-0.15, -0.1) is 0 Å². The second-order valence-corrected chi connectivity index (χ2v) is 7.30. The van der Waals surface area contributed by atoms with E-state index in [1.807, 2.05) is 0 Å². The Morgan fingerprint density at radius 3 is 2.72 bits per heavy atom. The lowest BCUT2D eigenvalue weighted by Crippen LogP contribution is -2.36. The molecule has 0 saturated carbocycles. The zero-order chi connectivity index (χ0) is 18.8. The van der Waals surface area contributed by atoms with E-state index >= 15 is 0 Å². The molecule has 0 spiro atoms. The van der Waals surface area contributed by atoms with E-state index in [4.69, 9.17) is 17.0 Å². The van der Waals surface area contributed by atoms with Crippen LogP contribution in [-0.4, -0.2) is 48.2 Å². The van der Waals surface area contributed by atoms with Crippen molar-refractivity contribution in [3.05, 3.63) is 40.4 Å². The van der Waals surface area contributed by atoms with Crippen LogP contribution in [-0.2, 0) is 16.8 Å². The molecule has 0 aliphatic carbocycles. The number of hydrogen-bond acceptors (Lipinski definition) is 7. The molecule has 0 radical (unpaired) electrons. The molecule has 13 heteroatoms. The Labute approximate surface area is 147 Å². The fourth-order valence-electron chi connectivity index (χ4n) is 1.64. The summed E-state index contributed by atoms with van der Waals surface area (Å²) in [5, 5.41) is 25.2. The predicted octanol–water partition coefficient (Wildman–Crippen LogP) is 0.979. The van der Waals surface area contributed by atoms with E-state index in [2.05, 4.69) is 19.7 Å². The van der Waals surface area contributed by atoms with Crippen molar-refractivity contribution in [2.75, 3.05) is 19.2 Å². The summed E-state index contributed by atoms with van der Waals surface area (Å²) in [6.07, 6.45) is 0. The van der Waals surface area contributed by atoms with E-state index in [1.165, 1.54) is 20.2 Å². The first kappa shape index (κ1) is 19.2. The van der Waals surface area contributed by atoms with Crippen molar-refractivity contribution in [1.29, 1.82) is 5.41 Å². The lowest BCUT2D eigenvalue weighted by molar-refractivity contribution is 0.297. The number of amidine groups is 1. The highest BCUT2D eigenvalue weighted by atomic mass is 35.5. The van der Waals surface area contributed by atoms with Gasteiger partial charge in [-0.2, -0.15) is 17.4 Å². The minimum atomic E-state index is -3.73. The van der Waals surface area contributed by atoms with E-state index in [9.17, 15) is 18.0 Å². The quantitative estimate of drug-likeness (QED) is 0.378. The topological polar surface area (TPSA) is 136 Å². The lowest BCUT2D eigenvalue weighted by Gasteiger charge is -2.17. The standard InChI is InChI=1S/C12H14ClFN6O4S/c1-19(2)25(22,23)16-6-10-11(18-24-17-10)12(15)20(21)7-3-4-9(14)8(13)5-7/h3-5,15-16,21H,6H2,1-2H3. The number of rotatable bonds is 6. The van der Waals surface area contributed by atoms with Crippen LogP contribution in [0.2, 0.25) is 5.02 Å². The molecule has 0 unspecified atom stereocenters. The van der Waals surface area contributed by atoms with Gasteiger partial charge >= 0.3 is 0 Å². The summed E-state index contributed by atoms with van der Waals surface area (Å²) in [4.78, 5) is 0. The predicted molar refractivity (Wildman–Crippen MR) is 86.2 cm³/mol. The van der Waals surface area contributed by atoms with Crippen molar-refractivity contribution in [2.24, 2.45) is 0 Å². The van der Waals surface area contributed by atoms with Gasteiger partial charge < -0.3 is 0 Å². The molecule has 0 atom stereocenters. The van der Waals surface area contributed by atoms with Gasteiger partial charge in [-0.05, 0) is 23.4 Å². The Morgan fingerprint density at radius 1 is 1.44 bits per heavy atom. The minimum Gasteiger partial charge on any atom is -0.282 e. The molecule has 10 nitrogen and oxygen atoms in total. The molecule has 2 aromatic rings. The van der Waals surface area contributed by atoms with Gasteiger partial charge in [-0.3, -0.25) is 10.6 Å². The average Bonchev–Trinajstić information content (AvgIpc) is 3.02. The number of hydroxylamine groups is 1. The van der Waals surface area contributed by atoms with Crippen LogP contribution < -0.4 is 9.79 Å². The van der Waals surface area contributed by atoms with E-state index in [1.54, 1.807) is 0 Å². The highest BCUT2D eigenvalue weighted by molar-refractivity contribution is 7.87. The van der Waals surface area contributed by atoms with Crippen LogP contribution in [0, 0.1) is 11.2 Å². The summed E-state index contributed by atoms with van der Waals surface area (Å²) in [6.45, 7) is -0.320. The first-order valence-electron chi connectivity index (χ1n) is 6.65. The van der Waals surface area contributed by atoms with Gasteiger partial charge in [0, 0.05) is 14.1 Å². The van der Waals surface area contributed by atoms with E-state index < -0.39 is 21.9 Å². The maximum atomic E-state index is 13.2. The van der Waals surface area contributed by atoms with Gasteiger partial charge in [0.25, 0.3) is 10.2 Å².